The fourth-order valence-corrected chi connectivity index (χ4v) is 3.95. The Balaban J connectivity index is 1.47. The maximum absolute atomic E-state index is 13.7. The number of hydrogen-bond donors (Lipinski definition) is 1. The van der Waals surface area contributed by atoms with Gasteiger partial charge in [0.15, 0.2) is 0 Å². The van der Waals surface area contributed by atoms with E-state index in [0.29, 0.717) is 31.3 Å². The first-order valence-electron chi connectivity index (χ1n) is 8.87. The molecule has 0 radical (unpaired) electrons. The number of rotatable bonds is 6. The molecule has 3 aromatic heterocycles. The monoisotopic (exact) mass is 398 g/mol. The van der Waals surface area contributed by atoms with Crippen LogP contribution in [-0.4, -0.2) is 44.7 Å². The van der Waals surface area contributed by atoms with Crippen LogP contribution in [0, 0.1) is 0 Å². The molecule has 1 atom stereocenters. The van der Waals surface area contributed by atoms with Gasteiger partial charge in [-0.05, 0) is 24.2 Å². The molecule has 9 heteroatoms. The van der Waals surface area contributed by atoms with Crippen molar-refractivity contribution in [2.24, 2.45) is 0 Å². The Morgan fingerprint density at radius 2 is 1.75 bits per heavy atom. The highest BCUT2D eigenvalue weighted by Crippen LogP contribution is 2.44. The molecule has 0 aliphatic heterocycles. The third-order valence-electron chi connectivity index (χ3n) is 4.95. The van der Waals surface area contributed by atoms with Crippen molar-refractivity contribution in [2.75, 3.05) is 19.0 Å². The summed E-state index contributed by atoms with van der Waals surface area (Å²) in [7, 11) is 4.21. The molecule has 0 spiro atoms. The molecular formula is C19H20FN6OP. The normalized spacial score (nSPS) is 21.0. The van der Waals surface area contributed by atoms with Gasteiger partial charge in [0, 0.05) is 54.1 Å². The molecule has 4 rings (SSSR count). The first-order valence-corrected chi connectivity index (χ1v) is 9.45. The molecule has 1 N–H and O–H groups in total. The van der Waals surface area contributed by atoms with E-state index in [1.165, 1.54) is 7.11 Å². The summed E-state index contributed by atoms with van der Waals surface area (Å²) in [4.78, 5) is 21.4. The minimum atomic E-state index is -0.799. The van der Waals surface area contributed by atoms with Crippen LogP contribution in [0.1, 0.15) is 18.5 Å². The van der Waals surface area contributed by atoms with Gasteiger partial charge in [0.2, 0.25) is 5.95 Å². The van der Waals surface area contributed by atoms with Crippen LogP contribution in [0.4, 0.5) is 10.3 Å². The smallest absolute Gasteiger partial charge is 0.316 e. The van der Waals surface area contributed by atoms with Crippen molar-refractivity contribution in [3.63, 3.8) is 0 Å². The molecule has 0 amide bonds. The summed E-state index contributed by atoms with van der Waals surface area (Å²) in [5, 5.41) is 4.23. The predicted octanol–water partition coefficient (Wildman–Crippen LogP) is 2.32. The molecular weight excluding hydrogens is 378 g/mol. The molecule has 0 aromatic carbocycles. The van der Waals surface area contributed by atoms with E-state index in [0.717, 1.165) is 22.1 Å². The van der Waals surface area contributed by atoms with Gasteiger partial charge in [0.1, 0.15) is 6.17 Å². The molecule has 0 saturated heterocycles. The van der Waals surface area contributed by atoms with Crippen LogP contribution in [-0.2, 0) is 5.41 Å². The average molecular weight is 398 g/mol. The zero-order valence-corrected chi connectivity index (χ0v) is 16.5. The molecule has 1 unspecified atom stereocenters. The zero-order chi connectivity index (χ0) is 19.6. The van der Waals surface area contributed by atoms with Crippen LogP contribution >= 0.6 is 9.24 Å². The van der Waals surface area contributed by atoms with Gasteiger partial charge in [-0.1, -0.05) is 6.07 Å². The maximum atomic E-state index is 13.7. The Bertz CT molecular complexity index is 947. The molecule has 3 heterocycles. The lowest BCUT2D eigenvalue weighted by atomic mass is 9.65. The third kappa shape index (κ3) is 3.64. The molecule has 1 aliphatic carbocycles. The number of nitrogens with one attached hydrogen (secondary N) is 1. The Labute approximate surface area is 164 Å². The van der Waals surface area contributed by atoms with Gasteiger partial charge >= 0.3 is 6.01 Å². The predicted molar refractivity (Wildman–Crippen MR) is 107 cm³/mol. The summed E-state index contributed by atoms with van der Waals surface area (Å²) in [6, 6.07) is 4.16. The third-order valence-corrected chi connectivity index (χ3v) is 5.41. The van der Waals surface area contributed by atoms with E-state index in [9.17, 15) is 4.39 Å². The standard InChI is InChI=1S/C19H20FN6OP/c1-27-18-24-9-13(10-25-18)12-7-22-17(23-8-12)26-11-19(5-14(20)6-19)16-15(28)3-2-4-21-16/h2-4,7-10,14H,5-6,11,28H2,1H3,(H,22,23,26)/t14-,19-. The average Bonchev–Trinajstić information content (AvgIpc) is 2.71. The second kappa shape index (κ2) is 7.72. The number of methoxy groups -OCH3 is 1. The molecule has 3 aromatic rings. The second-order valence-corrected chi connectivity index (χ2v) is 7.46. The van der Waals surface area contributed by atoms with Crippen LogP contribution in [0.15, 0.2) is 43.1 Å². The second-order valence-electron chi connectivity index (χ2n) is 6.83. The Kier molecular flexibility index (Phi) is 5.13. The summed E-state index contributed by atoms with van der Waals surface area (Å²) in [6.45, 7) is 0.525. The van der Waals surface area contributed by atoms with Crippen molar-refractivity contribution in [3.05, 3.63) is 48.8 Å². The van der Waals surface area contributed by atoms with Crippen LogP contribution in [0.25, 0.3) is 11.1 Å². The molecule has 28 heavy (non-hydrogen) atoms. The number of aromatic nitrogens is 5. The summed E-state index contributed by atoms with van der Waals surface area (Å²) >= 11 is 0. The zero-order valence-electron chi connectivity index (χ0n) is 15.3. The number of halogens is 1. The fraction of sp³-hybridized carbons (Fsp3) is 0.316. The number of nitrogens with zero attached hydrogens (tertiary/aromatic N) is 5. The Morgan fingerprint density at radius 3 is 2.32 bits per heavy atom. The Morgan fingerprint density at radius 1 is 1.11 bits per heavy atom. The highest BCUT2D eigenvalue weighted by molar-refractivity contribution is 7.27. The highest BCUT2D eigenvalue weighted by atomic mass is 31.0. The SMILES string of the molecule is COc1ncc(-c2cnc(NC[C@]3(c4ncccc4P)C[C@H](F)C3)nc2)cn1. The molecule has 1 aliphatic rings. The molecule has 7 nitrogen and oxygen atoms in total. The van der Waals surface area contributed by atoms with Crippen molar-refractivity contribution in [1.82, 2.24) is 24.9 Å². The van der Waals surface area contributed by atoms with E-state index >= 15 is 0 Å². The van der Waals surface area contributed by atoms with Gasteiger partial charge in [-0.25, -0.2) is 24.3 Å². The van der Waals surface area contributed by atoms with Gasteiger partial charge in [-0.15, -0.1) is 9.24 Å². The van der Waals surface area contributed by atoms with Crippen molar-refractivity contribution >= 4 is 20.5 Å². The number of anilines is 1. The van der Waals surface area contributed by atoms with E-state index in [1.807, 2.05) is 12.1 Å². The highest BCUT2D eigenvalue weighted by Gasteiger charge is 2.47. The summed E-state index contributed by atoms with van der Waals surface area (Å²) < 4.78 is 18.7. The maximum Gasteiger partial charge on any atom is 0.316 e. The van der Waals surface area contributed by atoms with Gasteiger partial charge in [0.25, 0.3) is 0 Å². The van der Waals surface area contributed by atoms with Gasteiger partial charge in [0.05, 0.1) is 12.8 Å². The quantitative estimate of drug-likeness (QED) is 0.638. The first-order chi connectivity index (χ1) is 13.6. The summed E-state index contributed by atoms with van der Waals surface area (Å²) in [6.07, 6.45) is 8.55. The molecule has 1 saturated carbocycles. The van der Waals surface area contributed by atoms with Gasteiger partial charge < -0.3 is 10.1 Å². The largest absolute Gasteiger partial charge is 0.467 e. The van der Waals surface area contributed by atoms with Crippen LogP contribution in [0.5, 0.6) is 6.01 Å². The van der Waals surface area contributed by atoms with Crippen LogP contribution in [0.3, 0.4) is 0 Å². The lowest BCUT2D eigenvalue weighted by molar-refractivity contribution is 0.100. The number of ether oxygens (including phenoxy) is 1. The first kappa shape index (κ1) is 18.6. The minimum Gasteiger partial charge on any atom is -0.467 e. The summed E-state index contributed by atoms with van der Waals surface area (Å²) in [5.41, 5.74) is 2.16. The Hall–Kier alpha value is -2.73. The van der Waals surface area contributed by atoms with Crippen LogP contribution in [0.2, 0.25) is 0 Å². The van der Waals surface area contributed by atoms with Gasteiger partial charge in [-0.2, -0.15) is 0 Å². The van der Waals surface area contributed by atoms with Crippen molar-refractivity contribution in [3.8, 4) is 17.1 Å². The lowest BCUT2D eigenvalue weighted by Gasteiger charge is -2.44. The van der Waals surface area contributed by atoms with E-state index in [-0.39, 0.29) is 5.41 Å². The van der Waals surface area contributed by atoms with E-state index in [4.69, 9.17) is 4.74 Å². The molecule has 144 valence electrons. The number of hydrogen-bond acceptors (Lipinski definition) is 7. The molecule has 1 fully saturated rings. The fourth-order valence-electron chi connectivity index (χ4n) is 3.46. The topological polar surface area (TPSA) is 85.7 Å². The van der Waals surface area contributed by atoms with Crippen molar-refractivity contribution in [1.29, 1.82) is 0 Å². The molecule has 0 bridgehead atoms. The number of alkyl halides is 1. The number of pyridine rings is 1. The van der Waals surface area contributed by atoms with E-state index in [1.54, 1.807) is 31.0 Å². The lowest BCUT2D eigenvalue weighted by Crippen LogP contribution is -2.50. The van der Waals surface area contributed by atoms with Crippen molar-refractivity contribution in [2.45, 2.75) is 24.4 Å². The minimum absolute atomic E-state index is 0.308. The van der Waals surface area contributed by atoms with Gasteiger partial charge in [-0.3, -0.25) is 4.98 Å². The van der Waals surface area contributed by atoms with E-state index < -0.39 is 6.17 Å². The van der Waals surface area contributed by atoms with E-state index in [2.05, 4.69) is 39.5 Å². The van der Waals surface area contributed by atoms with Crippen molar-refractivity contribution < 1.29 is 9.13 Å². The summed E-state index contributed by atoms with van der Waals surface area (Å²) in [5.74, 6) is 0.487. The van der Waals surface area contributed by atoms with Crippen LogP contribution < -0.4 is 15.4 Å².